The summed E-state index contributed by atoms with van der Waals surface area (Å²) in [4.78, 5) is 0.286. The van der Waals surface area contributed by atoms with E-state index < -0.39 is 10.0 Å². The van der Waals surface area contributed by atoms with E-state index in [1.807, 2.05) is 38.1 Å². The summed E-state index contributed by atoms with van der Waals surface area (Å²) in [7, 11) is -0.409. The minimum absolute atomic E-state index is 0.0243. The fraction of sp³-hybridized carbons (Fsp3) is 0.333. The van der Waals surface area contributed by atoms with Crippen molar-refractivity contribution in [3.63, 3.8) is 0 Å². The van der Waals surface area contributed by atoms with E-state index in [9.17, 15) is 8.42 Å². The van der Waals surface area contributed by atoms with Gasteiger partial charge in [0.1, 0.15) is 0 Å². The van der Waals surface area contributed by atoms with Crippen LogP contribution in [-0.2, 0) is 23.2 Å². The second-order valence-corrected chi connectivity index (χ2v) is 8.18. The van der Waals surface area contributed by atoms with Crippen LogP contribution in [0.5, 0.6) is 0 Å². The average Bonchev–Trinajstić information content (AvgIpc) is 2.56. The number of aliphatic hydroxyl groups excluding tert-OH is 1. The summed E-state index contributed by atoms with van der Waals surface area (Å²) in [5.74, 6) is 0. The predicted octanol–water partition coefficient (Wildman–Crippen LogP) is 2.66. The van der Waals surface area contributed by atoms with Gasteiger partial charge in [0.2, 0.25) is 10.0 Å². The lowest BCUT2D eigenvalue weighted by Crippen LogP contribution is -2.22. The fourth-order valence-electron chi connectivity index (χ4n) is 2.33. The molecule has 2 aromatic carbocycles. The van der Waals surface area contributed by atoms with E-state index in [1.165, 1.54) is 18.4 Å². The largest absolute Gasteiger partial charge is 0.392 e. The summed E-state index contributed by atoms with van der Waals surface area (Å²) >= 11 is 0. The van der Waals surface area contributed by atoms with Crippen molar-refractivity contribution in [2.75, 3.05) is 19.4 Å². The number of nitrogens with zero attached hydrogens (tertiary/aromatic N) is 1. The van der Waals surface area contributed by atoms with Gasteiger partial charge in [-0.2, -0.15) is 0 Å². The summed E-state index contributed by atoms with van der Waals surface area (Å²) < 4.78 is 26.0. The molecule has 2 N–H and O–H groups in total. The van der Waals surface area contributed by atoms with E-state index in [-0.39, 0.29) is 11.5 Å². The standard InChI is InChI=1S/C18H24N2O3S/c1-13-9-17(24(22,23)20(3)4)10-18(14(13)2)19-11-15-5-7-16(12-21)8-6-15/h5-10,19,21H,11-12H2,1-4H3. The number of anilines is 1. The van der Waals surface area contributed by atoms with Crippen LogP contribution in [0.3, 0.4) is 0 Å². The maximum absolute atomic E-state index is 12.4. The van der Waals surface area contributed by atoms with E-state index in [0.717, 1.165) is 27.9 Å². The number of benzene rings is 2. The Balaban J connectivity index is 2.27. The third kappa shape index (κ3) is 3.95. The summed E-state index contributed by atoms with van der Waals surface area (Å²) in [6.45, 7) is 4.48. The Bertz CT molecular complexity index is 813. The highest BCUT2D eigenvalue weighted by Crippen LogP contribution is 2.26. The zero-order valence-corrected chi connectivity index (χ0v) is 15.3. The van der Waals surface area contributed by atoms with Crippen molar-refractivity contribution >= 4 is 15.7 Å². The highest BCUT2D eigenvalue weighted by molar-refractivity contribution is 7.89. The second kappa shape index (κ2) is 7.34. The molecular weight excluding hydrogens is 324 g/mol. The minimum Gasteiger partial charge on any atom is -0.392 e. The Kier molecular flexibility index (Phi) is 5.64. The van der Waals surface area contributed by atoms with E-state index in [2.05, 4.69) is 5.32 Å². The van der Waals surface area contributed by atoms with Gasteiger partial charge in [0.15, 0.2) is 0 Å². The molecule has 130 valence electrons. The molecule has 0 aliphatic carbocycles. The van der Waals surface area contributed by atoms with Crippen LogP contribution in [0.1, 0.15) is 22.3 Å². The molecule has 0 fully saturated rings. The number of aryl methyl sites for hydroxylation is 1. The molecule has 0 bridgehead atoms. The molecule has 0 heterocycles. The number of nitrogens with one attached hydrogen (secondary N) is 1. The molecule has 24 heavy (non-hydrogen) atoms. The van der Waals surface area contributed by atoms with Crippen LogP contribution >= 0.6 is 0 Å². The highest BCUT2D eigenvalue weighted by atomic mass is 32.2. The van der Waals surface area contributed by atoms with Gasteiger partial charge in [-0.3, -0.25) is 0 Å². The first-order valence-electron chi connectivity index (χ1n) is 7.72. The predicted molar refractivity (Wildman–Crippen MR) is 96.5 cm³/mol. The van der Waals surface area contributed by atoms with Crippen molar-refractivity contribution in [2.24, 2.45) is 0 Å². The lowest BCUT2D eigenvalue weighted by atomic mass is 10.1. The normalized spacial score (nSPS) is 11.8. The number of sulfonamides is 1. The molecule has 0 aliphatic rings. The molecule has 5 nitrogen and oxygen atoms in total. The Morgan fingerprint density at radius 1 is 1.04 bits per heavy atom. The fourth-order valence-corrected chi connectivity index (χ4v) is 3.34. The van der Waals surface area contributed by atoms with Gasteiger partial charge >= 0.3 is 0 Å². The van der Waals surface area contributed by atoms with Crippen LogP contribution in [0.15, 0.2) is 41.3 Å². The zero-order valence-electron chi connectivity index (χ0n) is 14.5. The van der Waals surface area contributed by atoms with E-state index in [1.54, 1.807) is 12.1 Å². The Labute approximate surface area is 144 Å². The number of hydrogen-bond donors (Lipinski definition) is 2. The van der Waals surface area contributed by atoms with Gasteiger partial charge in [0.25, 0.3) is 0 Å². The molecule has 0 saturated carbocycles. The topological polar surface area (TPSA) is 69.6 Å². The molecule has 0 spiro atoms. The van der Waals surface area contributed by atoms with Crippen molar-refractivity contribution in [3.8, 4) is 0 Å². The van der Waals surface area contributed by atoms with Crippen LogP contribution in [0.2, 0.25) is 0 Å². The SMILES string of the molecule is Cc1cc(S(=O)(=O)N(C)C)cc(NCc2ccc(CO)cc2)c1C. The Morgan fingerprint density at radius 2 is 1.62 bits per heavy atom. The van der Waals surface area contributed by atoms with Crippen LogP contribution in [-0.4, -0.2) is 31.9 Å². The second-order valence-electron chi connectivity index (χ2n) is 6.03. The van der Waals surface area contributed by atoms with Crippen LogP contribution in [0, 0.1) is 13.8 Å². The summed E-state index contributed by atoms with van der Waals surface area (Å²) in [5.41, 5.74) is 4.69. The maximum atomic E-state index is 12.4. The van der Waals surface area contributed by atoms with E-state index in [0.29, 0.717) is 6.54 Å². The molecule has 0 aromatic heterocycles. The third-order valence-electron chi connectivity index (χ3n) is 4.11. The first kappa shape index (κ1) is 18.4. The molecule has 0 aliphatic heterocycles. The summed E-state index contributed by atoms with van der Waals surface area (Å²) in [5, 5.41) is 12.4. The minimum atomic E-state index is -3.47. The molecular formula is C18H24N2O3S. The Hall–Kier alpha value is -1.89. The van der Waals surface area contributed by atoms with E-state index in [4.69, 9.17) is 5.11 Å². The van der Waals surface area contributed by atoms with Gasteiger partial charge in [-0.05, 0) is 48.2 Å². The molecule has 2 rings (SSSR count). The first-order chi connectivity index (χ1) is 11.3. The number of aliphatic hydroxyl groups is 1. The van der Waals surface area contributed by atoms with E-state index >= 15 is 0 Å². The maximum Gasteiger partial charge on any atom is 0.242 e. The summed E-state index contributed by atoms with van der Waals surface area (Å²) in [6.07, 6.45) is 0. The lowest BCUT2D eigenvalue weighted by Gasteiger charge is -2.17. The van der Waals surface area contributed by atoms with Crippen molar-refractivity contribution in [1.29, 1.82) is 0 Å². The highest BCUT2D eigenvalue weighted by Gasteiger charge is 2.19. The van der Waals surface area contributed by atoms with Crippen LogP contribution in [0.25, 0.3) is 0 Å². The average molecular weight is 348 g/mol. The number of rotatable bonds is 6. The number of hydrogen-bond acceptors (Lipinski definition) is 4. The first-order valence-corrected chi connectivity index (χ1v) is 9.16. The third-order valence-corrected chi connectivity index (χ3v) is 5.90. The van der Waals surface area contributed by atoms with Crippen LogP contribution in [0.4, 0.5) is 5.69 Å². The zero-order chi connectivity index (χ0) is 17.9. The molecule has 0 amide bonds. The van der Waals surface area contributed by atoms with Gasteiger partial charge in [-0.1, -0.05) is 24.3 Å². The summed E-state index contributed by atoms with van der Waals surface area (Å²) in [6, 6.07) is 11.0. The molecule has 0 saturated heterocycles. The molecule has 0 radical (unpaired) electrons. The smallest absolute Gasteiger partial charge is 0.242 e. The quantitative estimate of drug-likeness (QED) is 0.842. The molecule has 2 aromatic rings. The van der Waals surface area contributed by atoms with Gasteiger partial charge in [-0.15, -0.1) is 0 Å². The van der Waals surface area contributed by atoms with Gasteiger partial charge in [0.05, 0.1) is 11.5 Å². The monoisotopic (exact) mass is 348 g/mol. The van der Waals surface area contributed by atoms with Crippen molar-refractivity contribution in [2.45, 2.75) is 31.9 Å². The lowest BCUT2D eigenvalue weighted by molar-refractivity contribution is 0.282. The van der Waals surface area contributed by atoms with Crippen molar-refractivity contribution < 1.29 is 13.5 Å². The Morgan fingerprint density at radius 3 is 2.17 bits per heavy atom. The van der Waals surface area contributed by atoms with Gasteiger partial charge < -0.3 is 10.4 Å². The van der Waals surface area contributed by atoms with Crippen LogP contribution < -0.4 is 5.32 Å². The molecule has 6 heteroatoms. The molecule has 0 atom stereocenters. The van der Waals surface area contributed by atoms with Gasteiger partial charge in [-0.25, -0.2) is 12.7 Å². The van der Waals surface area contributed by atoms with Crippen molar-refractivity contribution in [3.05, 3.63) is 58.7 Å². The molecule has 0 unspecified atom stereocenters. The van der Waals surface area contributed by atoms with Gasteiger partial charge in [0, 0.05) is 26.3 Å². The van der Waals surface area contributed by atoms with Crippen molar-refractivity contribution in [1.82, 2.24) is 4.31 Å².